The number of ether oxygens (including phenoxy) is 1. The molecule has 0 saturated heterocycles. The number of furan rings is 1. The Labute approximate surface area is 240 Å². The molecule has 0 aliphatic heterocycles. The highest BCUT2D eigenvalue weighted by Gasteiger charge is 2.26. The second-order valence-electron chi connectivity index (χ2n) is 8.08. The van der Waals surface area contributed by atoms with Crippen LogP contribution in [0.25, 0.3) is 0 Å². The van der Waals surface area contributed by atoms with E-state index < -0.39 is 21.8 Å². The van der Waals surface area contributed by atoms with Gasteiger partial charge in [0.25, 0.3) is 0 Å². The van der Waals surface area contributed by atoms with Gasteiger partial charge in [0.1, 0.15) is 11.5 Å². The van der Waals surface area contributed by atoms with Crippen LogP contribution in [-0.2, 0) is 37.4 Å². The first kappa shape index (κ1) is 30.6. The van der Waals surface area contributed by atoms with E-state index >= 15 is 0 Å². The first-order valence-corrected chi connectivity index (χ1v) is 14.1. The van der Waals surface area contributed by atoms with E-state index in [9.17, 15) is 18.0 Å². The number of methoxy groups -OCH3 is 1. The summed E-state index contributed by atoms with van der Waals surface area (Å²) in [5.41, 5.74) is 2.71. The number of carbonyl (C=O) groups is 2. The van der Waals surface area contributed by atoms with E-state index in [1.165, 1.54) is 41.9 Å². The predicted octanol–water partition coefficient (Wildman–Crippen LogP) is 4.23. The van der Waals surface area contributed by atoms with Crippen LogP contribution in [-0.4, -0.2) is 51.0 Å². The summed E-state index contributed by atoms with van der Waals surface area (Å²) in [6.07, 6.45) is 1.75. The highest BCUT2D eigenvalue weighted by Crippen LogP contribution is 2.27. The Morgan fingerprint density at radius 2 is 1.74 bits per heavy atom. The van der Waals surface area contributed by atoms with Crippen LogP contribution < -0.4 is 10.7 Å². The van der Waals surface area contributed by atoms with E-state index in [1.54, 1.807) is 30.3 Å². The zero-order valence-corrected chi connectivity index (χ0v) is 23.8. The Bertz CT molecular complexity index is 1430. The Balaban J connectivity index is 1.72. The summed E-state index contributed by atoms with van der Waals surface area (Å²) < 4.78 is 38.8. The lowest BCUT2D eigenvalue weighted by molar-refractivity contribution is -0.139. The first-order valence-electron chi connectivity index (χ1n) is 11.5. The van der Waals surface area contributed by atoms with Gasteiger partial charge in [0, 0.05) is 31.8 Å². The molecule has 0 unspecified atom stereocenters. The Morgan fingerprint density at radius 3 is 2.44 bits per heavy atom. The van der Waals surface area contributed by atoms with Gasteiger partial charge in [-0.05, 0) is 60.5 Å². The molecule has 10 nitrogen and oxygen atoms in total. The fraction of sp³-hybridized carbons (Fsp3) is 0.240. The second kappa shape index (κ2) is 14.5. The van der Waals surface area contributed by atoms with Crippen LogP contribution in [0.1, 0.15) is 23.5 Å². The molecule has 2 amide bonds. The minimum absolute atomic E-state index is 0.0263. The maximum absolute atomic E-state index is 13.5. The minimum atomic E-state index is -3.98. The van der Waals surface area contributed by atoms with Crippen LogP contribution >= 0.6 is 34.8 Å². The molecule has 0 aliphatic rings. The van der Waals surface area contributed by atoms with Crippen molar-refractivity contribution in [2.24, 2.45) is 5.10 Å². The third-order valence-corrected chi connectivity index (χ3v) is 7.98. The maximum atomic E-state index is 13.5. The SMILES string of the molecule is COCCCNC(=O)C(=O)N/N=C/c1ccc(CN(Cc2ccc(Cl)c(Cl)c2)S(=O)(=O)c2ccc(Cl)cc2)o1. The number of sulfonamides is 1. The van der Waals surface area contributed by atoms with Crippen molar-refractivity contribution in [3.63, 3.8) is 0 Å². The molecule has 0 fully saturated rings. The van der Waals surface area contributed by atoms with Crippen LogP contribution in [0.15, 0.2) is 69.0 Å². The van der Waals surface area contributed by atoms with Gasteiger partial charge in [-0.2, -0.15) is 9.41 Å². The molecular formula is C25H25Cl3N4O6S. The van der Waals surface area contributed by atoms with Crippen molar-refractivity contribution >= 4 is 62.9 Å². The largest absolute Gasteiger partial charge is 0.459 e. The molecule has 2 N–H and O–H groups in total. The van der Waals surface area contributed by atoms with Gasteiger partial charge >= 0.3 is 11.8 Å². The average Bonchev–Trinajstić information content (AvgIpc) is 3.35. The van der Waals surface area contributed by atoms with E-state index in [2.05, 4.69) is 15.8 Å². The molecule has 1 aromatic heterocycles. The summed E-state index contributed by atoms with van der Waals surface area (Å²) in [7, 11) is -2.44. The summed E-state index contributed by atoms with van der Waals surface area (Å²) in [6, 6.07) is 13.8. The van der Waals surface area contributed by atoms with Crippen LogP contribution in [0.4, 0.5) is 0 Å². The molecule has 14 heteroatoms. The minimum Gasteiger partial charge on any atom is -0.459 e. The zero-order chi connectivity index (χ0) is 28.4. The smallest absolute Gasteiger partial charge is 0.329 e. The maximum Gasteiger partial charge on any atom is 0.329 e. The number of nitrogens with zero attached hydrogens (tertiary/aromatic N) is 2. The summed E-state index contributed by atoms with van der Waals surface area (Å²) in [6.45, 7) is 0.576. The summed E-state index contributed by atoms with van der Waals surface area (Å²) in [5.74, 6) is -1.26. The van der Waals surface area contributed by atoms with Gasteiger partial charge < -0.3 is 14.5 Å². The lowest BCUT2D eigenvalue weighted by atomic mass is 10.2. The summed E-state index contributed by atoms with van der Waals surface area (Å²) in [4.78, 5) is 23.6. The number of hydrogen-bond acceptors (Lipinski definition) is 7. The topological polar surface area (TPSA) is 130 Å². The number of benzene rings is 2. The molecule has 2 aromatic carbocycles. The summed E-state index contributed by atoms with van der Waals surface area (Å²) >= 11 is 18.1. The first-order chi connectivity index (χ1) is 18.6. The number of hydrogen-bond donors (Lipinski definition) is 2. The molecule has 0 aliphatic carbocycles. The van der Waals surface area contributed by atoms with E-state index in [1.807, 2.05) is 0 Å². The fourth-order valence-electron chi connectivity index (χ4n) is 3.25. The van der Waals surface area contributed by atoms with Crippen molar-refractivity contribution < 1.29 is 27.2 Å². The molecule has 0 saturated carbocycles. The number of nitrogens with one attached hydrogen (secondary N) is 2. The van der Waals surface area contributed by atoms with Crippen LogP contribution in [0, 0.1) is 0 Å². The summed E-state index contributed by atoms with van der Waals surface area (Å²) in [5, 5.41) is 7.19. The normalized spacial score (nSPS) is 11.7. The lowest BCUT2D eigenvalue weighted by Crippen LogP contribution is -2.38. The van der Waals surface area contributed by atoms with Crippen LogP contribution in [0.3, 0.4) is 0 Å². The van der Waals surface area contributed by atoms with Gasteiger partial charge in [-0.25, -0.2) is 13.8 Å². The highest BCUT2D eigenvalue weighted by atomic mass is 35.5. The van der Waals surface area contributed by atoms with E-state index in [-0.39, 0.29) is 30.3 Å². The molecule has 0 atom stereocenters. The second-order valence-corrected chi connectivity index (χ2v) is 11.3. The fourth-order valence-corrected chi connectivity index (χ4v) is 5.09. The van der Waals surface area contributed by atoms with Gasteiger partial charge in [-0.3, -0.25) is 9.59 Å². The number of amides is 2. The van der Waals surface area contributed by atoms with Crippen molar-refractivity contribution in [3.05, 3.63) is 86.7 Å². The Kier molecular flexibility index (Phi) is 11.3. The number of halogens is 3. The van der Waals surface area contributed by atoms with Crippen molar-refractivity contribution in [3.8, 4) is 0 Å². The highest BCUT2D eigenvalue weighted by molar-refractivity contribution is 7.89. The van der Waals surface area contributed by atoms with Crippen molar-refractivity contribution in [2.45, 2.75) is 24.4 Å². The van der Waals surface area contributed by atoms with E-state index in [4.69, 9.17) is 44.0 Å². The van der Waals surface area contributed by atoms with Gasteiger partial charge in [0.2, 0.25) is 10.0 Å². The predicted molar refractivity (Wildman–Crippen MR) is 148 cm³/mol. The Hall–Kier alpha value is -2.93. The van der Waals surface area contributed by atoms with Crippen molar-refractivity contribution in [1.29, 1.82) is 0 Å². The number of carbonyl (C=O) groups excluding carboxylic acids is 2. The van der Waals surface area contributed by atoms with Crippen molar-refractivity contribution in [1.82, 2.24) is 15.0 Å². The molecule has 208 valence electrons. The quantitative estimate of drug-likeness (QED) is 0.136. The molecule has 3 aromatic rings. The monoisotopic (exact) mass is 614 g/mol. The number of rotatable bonds is 12. The van der Waals surface area contributed by atoms with E-state index in [0.29, 0.717) is 39.4 Å². The van der Waals surface area contributed by atoms with Crippen molar-refractivity contribution in [2.75, 3.05) is 20.3 Å². The molecule has 1 heterocycles. The standard InChI is InChI=1S/C25H25Cl3N4O6S/c1-37-12-2-11-29-24(33)25(34)31-30-14-19-6-7-20(38-19)16-32(15-17-3-10-22(27)23(28)13-17)39(35,36)21-8-4-18(26)5-9-21/h3-10,13-14H,2,11-12,15-16H2,1H3,(H,29,33)(H,31,34)/b30-14+. The van der Waals surface area contributed by atoms with Crippen LogP contribution in [0.5, 0.6) is 0 Å². The van der Waals surface area contributed by atoms with Gasteiger partial charge in [-0.1, -0.05) is 40.9 Å². The third-order valence-electron chi connectivity index (χ3n) is 5.18. The van der Waals surface area contributed by atoms with Crippen LogP contribution in [0.2, 0.25) is 15.1 Å². The molecule has 0 spiro atoms. The van der Waals surface area contributed by atoms with Gasteiger partial charge in [0.05, 0.1) is 27.7 Å². The molecular weight excluding hydrogens is 591 g/mol. The zero-order valence-electron chi connectivity index (χ0n) is 20.7. The van der Waals surface area contributed by atoms with E-state index in [0.717, 1.165) is 0 Å². The molecule has 3 rings (SSSR count). The molecule has 0 radical (unpaired) electrons. The average molecular weight is 616 g/mol. The van der Waals surface area contributed by atoms with Gasteiger partial charge in [0.15, 0.2) is 0 Å². The molecule has 0 bridgehead atoms. The molecule has 39 heavy (non-hydrogen) atoms. The Morgan fingerprint density at radius 1 is 1.00 bits per heavy atom. The lowest BCUT2D eigenvalue weighted by Gasteiger charge is -2.22. The van der Waals surface area contributed by atoms with Gasteiger partial charge in [-0.15, -0.1) is 0 Å². The number of hydrazone groups is 1. The third kappa shape index (κ3) is 9.06.